The van der Waals surface area contributed by atoms with Crippen LogP contribution in [0.1, 0.15) is 0 Å². The maximum atomic E-state index is 12.9. The minimum atomic E-state index is -0.288. The molecule has 0 aliphatic carbocycles. The van der Waals surface area contributed by atoms with E-state index in [1.165, 1.54) is 12.1 Å². The number of para-hydroxylation sites is 2. The van der Waals surface area contributed by atoms with Gasteiger partial charge in [-0.15, -0.1) is 0 Å². The van der Waals surface area contributed by atoms with Crippen LogP contribution in [0.3, 0.4) is 0 Å². The van der Waals surface area contributed by atoms with Gasteiger partial charge in [0.2, 0.25) is 5.91 Å². The summed E-state index contributed by atoms with van der Waals surface area (Å²) in [5.41, 5.74) is 1.80. The largest absolute Gasteiger partial charge is 0.495 e. The highest BCUT2D eigenvalue weighted by Crippen LogP contribution is 2.28. The van der Waals surface area contributed by atoms with E-state index in [2.05, 4.69) is 10.2 Å². The number of carbonyl (C=O) groups is 1. The zero-order valence-electron chi connectivity index (χ0n) is 14.2. The van der Waals surface area contributed by atoms with Crippen molar-refractivity contribution in [3.63, 3.8) is 0 Å². The maximum absolute atomic E-state index is 12.9. The van der Waals surface area contributed by atoms with Gasteiger partial charge in [-0.2, -0.15) is 0 Å². The van der Waals surface area contributed by atoms with E-state index in [9.17, 15) is 9.18 Å². The van der Waals surface area contributed by atoms with Crippen molar-refractivity contribution >= 4 is 17.3 Å². The van der Waals surface area contributed by atoms with Crippen LogP contribution in [0.15, 0.2) is 48.5 Å². The number of methoxy groups -OCH3 is 1. The predicted molar refractivity (Wildman–Crippen MR) is 96.7 cm³/mol. The highest BCUT2D eigenvalue weighted by molar-refractivity contribution is 5.81. The summed E-state index contributed by atoms with van der Waals surface area (Å²) >= 11 is 0. The Balaban J connectivity index is 1.51. The smallest absolute Gasteiger partial charge is 0.241 e. The van der Waals surface area contributed by atoms with Gasteiger partial charge in [0.1, 0.15) is 11.6 Å². The number of anilines is 2. The highest BCUT2D eigenvalue weighted by atomic mass is 19.1. The molecule has 0 spiro atoms. The van der Waals surface area contributed by atoms with Crippen LogP contribution in [0, 0.1) is 5.82 Å². The molecule has 1 fully saturated rings. The Morgan fingerprint density at radius 2 is 1.76 bits per heavy atom. The molecule has 1 heterocycles. The van der Waals surface area contributed by atoms with E-state index in [4.69, 9.17) is 4.74 Å². The molecule has 1 aliphatic rings. The Kier molecular flexibility index (Phi) is 5.38. The van der Waals surface area contributed by atoms with E-state index in [0.717, 1.165) is 30.2 Å². The third-order valence-corrected chi connectivity index (χ3v) is 4.35. The zero-order chi connectivity index (χ0) is 17.6. The number of benzene rings is 2. The SMILES string of the molecule is COc1ccccc1N1CCN(C(=O)CNc2ccc(F)cc2)CC1. The monoisotopic (exact) mass is 343 g/mol. The number of nitrogens with one attached hydrogen (secondary N) is 1. The first kappa shape index (κ1) is 17.1. The summed E-state index contributed by atoms with van der Waals surface area (Å²) < 4.78 is 18.3. The Morgan fingerprint density at radius 1 is 1.08 bits per heavy atom. The van der Waals surface area contributed by atoms with E-state index in [1.807, 2.05) is 29.2 Å². The second-order valence-electron chi connectivity index (χ2n) is 5.90. The average molecular weight is 343 g/mol. The fraction of sp³-hybridized carbons (Fsp3) is 0.316. The number of amides is 1. The molecule has 0 atom stereocenters. The van der Waals surface area contributed by atoms with E-state index >= 15 is 0 Å². The fourth-order valence-electron chi connectivity index (χ4n) is 2.94. The minimum absolute atomic E-state index is 0.0454. The summed E-state index contributed by atoms with van der Waals surface area (Å²) in [7, 11) is 1.67. The quantitative estimate of drug-likeness (QED) is 0.906. The van der Waals surface area contributed by atoms with Crippen molar-refractivity contribution in [3.05, 3.63) is 54.3 Å². The zero-order valence-corrected chi connectivity index (χ0v) is 14.2. The van der Waals surface area contributed by atoms with Gasteiger partial charge in [-0.25, -0.2) is 4.39 Å². The van der Waals surface area contributed by atoms with E-state index in [1.54, 1.807) is 19.2 Å². The third kappa shape index (κ3) is 4.21. The van der Waals surface area contributed by atoms with Crippen LogP contribution in [0.4, 0.5) is 15.8 Å². The molecule has 5 nitrogen and oxygen atoms in total. The lowest BCUT2D eigenvalue weighted by Crippen LogP contribution is -2.50. The average Bonchev–Trinajstić information content (AvgIpc) is 2.67. The number of rotatable bonds is 5. The van der Waals surface area contributed by atoms with Gasteiger partial charge in [0, 0.05) is 31.9 Å². The summed E-state index contributed by atoms with van der Waals surface area (Å²) in [5, 5.41) is 3.04. The molecule has 1 amide bonds. The van der Waals surface area contributed by atoms with Gasteiger partial charge in [0.25, 0.3) is 0 Å². The first-order valence-corrected chi connectivity index (χ1v) is 8.32. The number of hydrogen-bond donors (Lipinski definition) is 1. The van der Waals surface area contributed by atoms with Crippen molar-refractivity contribution in [2.45, 2.75) is 0 Å². The summed E-state index contributed by atoms with van der Waals surface area (Å²) in [6, 6.07) is 13.9. The molecule has 25 heavy (non-hydrogen) atoms. The van der Waals surface area contributed by atoms with Crippen LogP contribution >= 0.6 is 0 Å². The molecule has 0 radical (unpaired) electrons. The molecular weight excluding hydrogens is 321 g/mol. The number of nitrogens with zero attached hydrogens (tertiary/aromatic N) is 2. The van der Waals surface area contributed by atoms with Crippen molar-refractivity contribution in [2.24, 2.45) is 0 Å². The van der Waals surface area contributed by atoms with Gasteiger partial charge in [-0.3, -0.25) is 4.79 Å². The minimum Gasteiger partial charge on any atom is -0.495 e. The standard InChI is InChI=1S/C19H22FN3O2/c1-25-18-5-3-2-4-17(18)22-10-12-23(13-11-22)19(24)14-21-16-8-6-15(20)7-9-16/h2-9,21H,10-14H2,1H3. The number of ether oxygens (including phenoxy) is 1. The molecular formula is C19H22FN3O2. The van der Waals surface area contributed by atoms with Crippen LogP contribution < -0.4 is 15.0 Å². The number of halogens is 1. The molecule has 3 rings (SSSR count). The van der Waals surface area contributed by atoms with Gasteiger partial charge < -0.3 is 19.9 Å². The molecule has 1 N–H and O–H groups in total. The molecule has 0 aromatic heterocycles. The lowest BCUT2D eigenvalue weighted by atomic mass is 10.2. The Labute approximate surface area is 147 Å². The summed E-state index contributed by atoms with van der Waals surface area (Å²) in [6.45, 7) is 3.08. The predicted octanol–water partition coefficient (Wildman–Crippen LogP) is 2.60. The van der Waals surface area contributed by atoms with E-state index in [-0.39, 0.29) is 18.3 Å². The topological polar surface area (TPSA) is 44.8 Å². The highest BCUT2D eigenvalue weighted by Gasteiger charge is 2.22. The Bertz CT molecular complexity index is 713. The van der Waals surface area contributed by atoms with Gasteiger partial charge in [0.05, 0.1) is 19.3 Å². The molecule has 1 saturated heterocycles. The molecule has 6 heteroatoms. The van der Waals surface area contributed by atoms with Crippen molar-refractivity contribution in [1.29, 1.82) is 0 Å². The fourth-order valence-corrected chi connectivity index (χ4v) is 2.94. The van der Waals surface area contributed by atoms with Crippen LogP contribution in [0.5, 0.6) is 5.75 Å². The molecule has 0 saturated carbocycles. The lowest BCUT2D eigenvalue weighted by molar-refractivity contribution is -0.129. The Morgan fingerprint density at radius 3 is 2.44 bits per heavy atom. The second kappa shape index (κ2) is 7.88. The van der Waals surface area contributed by atoms with Crippen LogP contribution in [-0.4, -0.2) is 50.6 Å². The Hall–Kier alpha value is -2.76. The number of carbonyl (C=O) groups excluding carboxylic acids is 1. The molecule has 1 aliphatic heterocycles. The third-order valence-electron chi connectivity index (χ3n) is 4.35. The molecule has 2 aromatic carbocycles. The van der Waals surface area contributed by atoms with Crippen LogP contribution in [0.2, 0.25) is 0 Å². The summed E-state index contributed by atoms with van der Waals surface area (Å²) in [4.78, 5) is 16.4. The van der Waals surface area contributed by atoms with Crippen molar-refractivity contribution in [1.82, 2.24) is 4.90 Å². The maximum Gasteiger partial charge on any atom is 0.241 e. The first-order chi connectivity index (χ1) is 12.2. The molecule has 132 valence electrons. The lowest BCUT2D eigenvalue weighted by Gasteiger charge is -2.36. The van der Waals surface area contributed by atoms with Crippen LogP contribution in [-0.2, 0) is 4.79 Å². The van der Waals surface area contributed by atoms with Gasteiger partial charge in [-0.1, -0.05) is 12.1 Å². The normalized spacial score (nSPS) is 14.3. The van der Waals surface area contributed by atoms with E-state index < -0.39 is 0 Å². The summed E-state index contributed by atoms with van der Waals surface area (Å²) in [6.07, 6.45) is 0. The van der Waals surface area contributed by atoms with Gasteiger partial charge >= 0.3 is 0 Å². The van der Waals surface area contributed by atoms with Gasteiger partial charge in [0.15, 0.2) is 0 Å². The van der Waals surface area contributed by atoms with Crippen LogP contribution in [0.25, 0.3) is 0 Å². The summed E-state index contributed by atoms with van der Waals surface area (Å²) in [5.74, 6) is 0.605. The van der Waals surface area contributed by atoms with Crippen molar-refractivity contribution in [2.75, 3.05) is 50.1 Å². The number of piperazine rings is 1. The second-order valence-corrected chi connectivity index (χ2v) is 5.90. The first-order valence-electron chi connectivity index (χ1n) is 8.32. The van der Waals surface area contributed by atoms with E-state index in [0.29, 0.717) is 13.1 Å². The molecule has 0 bridgehead atoms. The molecule has 2 aromatic rings. The molecule has 0 unspecified atom stereocenters. The number of hydrogen-bond acceptors (Lipinski definition) is 4. The van der Waals surface area contributed by atoms with Gasteiger partial charge in [-0.05, 0) is 36.4 Å². The van der Waals surface area contributed by atoms with Crippen molar-refractivity contribution < 1.29 is 13.9 Å². The van der Waals surface area contributed by atoms with Crippen molar-refractivity contribution in [3.8, 4) is 5.75 Å².